The maximum Gasteiger partial charge on any atom is 0.244 e. The van der Waals surface area contributed by atoms with Crippen LogP contribution in [0.15, 0.2) is 23.4 Å². The van der Waals surface area contributed by atoms with E-state index < -0.39 is 10.0 Å². The Hall–Kier alpha value is -1.22. The number of aryl methyl sites for hydroxylation is 2. The average Bonchev–Trinajstić information content (AvgIpc) is 2.96. The first-order valence-electron chi connectivity index (χ1n) is 5.99. The van der Waals surface area contributed by atoms with Gasteiger partial charge in [-0.05, 0) is 13.0 Å². The van der Waals surface area contributed by atoms with Crippen molar-refractivity contribution in [2.24, 2.45) is 7.05 Å². The molecule has 0 bridgehead atoms. The summed E-state index contributed by atoms with van der Waals surface area (Å²) in [6.07, 6.45) is 3.41. The summed E-state index contributed by atoms with van der Waals surface area (Å²) in [4.78, 5) is 5.71. The molecular formula is C12H17N3O3S2. The summed E-state index contributed by atoms with van der Waals surface area (Å²) in [7, 11) is -0.223. The third-order valence-electron chi connectivity index (χ3n) is 3.05. The van der Waals surface area contributed by atoms with Crippen LogP contribution in [-0.4, -0.2) is 34.4 Å². The second kappa shape index (κ2) is 5.65. The topological polar surface area (TPSA) is 75.4 Å². The van der Waals surface area contributed by atoms with Crippen molar-refractivity contribution in [2.75, 3.05) is 7.05 Å². The molecule has 0 amide bonds. The van der Waals surface area contributed by atoms with E-state index in [1.54, 1.807) is 23.9 Å². The number of aromatic nitrogens is 2. The summed E-state index contributed by atoms with van der Waals surface area (Å²) in [6.45, 7) is 1.80. The SMILES string of the molecule is Cc1sc(CO)cc1S(=O)(=O)N(C)Cc1nccn1C. The minimum absolute atomic E-state index is 0.149. The minimum Gasteiger partial charge on any atom is -0.391 e. The Morgan fingerprint density at radius 3 is 2.70 bits per heavy atom. The Balaban J connectivity index is 2.29. The lowest BCUT2D eigenvalue weighted by atomic mass is 10.4. The molecule has 20 heavy (non-hydrogen) atoms. The molecule has 0 saturated heterocycles. The van der Waals surface area contributed by atoms with Crippen LogP contribution in [0.5, 0.6) is 0 Å². The normalized spacial score (nSPS) is 12.2. The van der Waals surface area contributed by atoms with E-state index >= 15 is 0 Å². The van der Waals surface area contributed by atoms with Gasteiger partial charge in [0.2, 0.25) is 10.0 Å². The molecule has 0 fully saturated rings. The molecule has 0 aliphatic carbocycles. The Kier molecular flexibility index (Phi) is 4.28. The van der Waals surface area contributed by atoms with Crippen LogP contribution in [0.4, 0.5) is 0 Å². The number of aliphatic hydroxyl groups excluding tert-OH is 1. The quantitative estimate of drug-likeness (QED) is 0.896. The fraction of sp³-hybridized carbons (Fsp3) is 0.417. The lowest BCUT2D eigenvalue weighted by molar-refractivity contribution is 0.285. The Morgan fingerprint density at radius 1 is 1.50 bits per heavy atom. The Morgan fingerprint density at radius 2 is 2.20 bits per heavy atom. The van der Waals surface area contributed by atoms with Crippen molar-refractivity contribution < 1.29 is 13.5 Å². The zero-order chi connectivity index (χ0) is 14.9. The molecule has 2 rings (SSSR count). The highest BCUT2D eigenvalue weighted by Gasteiger charge is 2.25. The number of rotatable bonds is 5. The van der Waals surface area contributed by atoms with Crippen LogP contribution in [0, 0.1) is 6.92 Å². The molecule has 1 N–H and O–H groups in total. The third-order valence-corrected chi connectivity index (χ3v) is 6.15. The fourth-order valence-corrected chi connectivity index (χ4v) is 4.44. The first kappa shape index (κ1) is 15.2. The van der Waals surface area contributed by atoms with E-state index in [-0.39, 0.29) is 18.0 Å². The molecule has 0 radical (unpaired) electrons. The molecule has 8 heteroatoms. The first-order valence-corrected chi connectivity index (χ1v) is 8.24. The molecule has 6 nitrogen and oxygen atoms in total. The van der Waals surface area contributed by atoms with Crippen molar-refractivity contribution in [3.8, 4) is 0 Å². The van der Waals surface area contributed by atoms with Gasteiger partial charge in [0.05, 0.1) is 18.0 Å². The monoisotopic (exact) mass is 315 g/mol. The summed E-state index contributed by atoms with van der Waals surface area (Å²) >= 11 is 1.29. The largest absolute Gasteiger partial charge is 0.391 e. The highest BCUT2D eigenvalue weighted by Crippen LogP contribution is 2.28. The van der Waals surface area contributed by atoms with Crippen LogP contribution in [0.25, 0.3) is 0 Å². The molecule has 2 aromatic heterocycles. The lowest BCUT2D eigenvalue weighted by Gasteiger charge is -2.16. The molecule has 0 atom stereocenters. The molecule has 0 aromatic carbocycles. The van der Waals surface area contributed by atoms with E-state index in [9.17, 15) is 8.42 Å². The van der Waals surface area contributed by atoms with Crippen LogP contribution in [0.2, 0.25) is 0 Å². The second-order valence-corrected chi connectivity index (χ2v) is 7.86. The summed E-state index contributed by atoms with van der Waals surface area (Å²) in [5, 5.41) is 9.11. The Bertz CT molecular complexity index is 703. The van der Waals surface area contributed by atoms with Gasteiger partial charge in [0.25, 0.3) is 0 Å². The summed E-state index contributed by atoms with van der Waals surface area (Å²) < 4.78 is 28.1. The summed E-state index contributed by atoms with van der Waals surface area (Å²) in [6, 6.07) is 1.53. The van der Waals surface area contributed by atoms with E-state index in [0.717, 1.165) is 0 Å². The highest BCUT2D eigenvalue weighted by atomic mass is 32.2. The van der Waals surface area contributed by atoms with Gasteiger partial charge in [-0.3, -0.25) is 0 Å². The number of nitrogens with zero attached hydrogens (tertiary/aromatic N) is 3. The van der Waals surface area contributed by atoms with Crippen LogP contribution >= 0.6 is 11.3 Å². The molecule has 0 spiro atoms. The Labute approximate surface area is 122 Å². The maximum absolute atomic E-state index is 12.5. The molecule has 0 aliphatic heterocycles. The number of thiophene rings is 1. The van der Waals surface area contributed by atoms with Crippen molar-refractivity contribution in [1.82, 2.24) is 13.9 Å². The van der Waals surface area contributed by atoms with Crippen LogP contribution in [0.1, 0.15) is 15.6 Å². The molecule has 0 aliphatic rings. The number of hydrogen-bond donors (Lipinski definition) is 1. The smallest absolute Gasteiger partial charge is 0.244 e. The fourth-order valence-electron chi connectivity index (χ4n) is 1.86. The van der Waals surface area contributed by atoms with Gasteiger partial charge >= 0.3 is 0 Å². The molecule has 110 valence electrons. The van der Waals surface area contributed by atoms with Crippen molar-refractivity contribution in [3.63, 3.8) is 0 Å². The van der Waals surface area contributed by atoms with E-state index in [1.165, 1.54) is 28.8 Å². The van der Waals surface area contributed by atoms with Gasteiger partial charge in [0.1, 0.15) is 5.82 Å². The van der Waals surface area contributed by atoms with Crippen LogP contribution in [0.3, 0.4) is 0 Å². The predicted octanol–water partition coefficient (Wildman–Crippen LogP) is 1.10. The number of aliphatic hydroxyl groups is 1. The molecule has 2 aromatic rings. The van der Waals surface area contributed by atoms with Crippen molar-refractivity contribution in [1.29, 1.82) is 0 Å². The maximum atomic E-state index is 12.5. The molecule has 2 heterocycles. The molecular weight excluding hydrogens is 298 g/mol. The second-order valence-electron chi connectivity index (χ2n) is 4.51. The van der Waals surface area contributed by atoms with Crippen molar-refractivity contribution in [2.45, 2.75) is 25.0 Å². The minimum atomic E-state index is -3.57. The van der Waals surface area contributed by atoms with Gasteiger partial charge in [-0.15, -0.1) is 11.3 Å². The third kappa shape index (κ3) is 2.78. The summed E-state index contributed by atoms with van der Waals surface area (Å²) in [5.74, 6) is 0.673. The van der Waals surface area contributed by atoms with Gasteiger partial charge in [-0.25, -0.2) is 13.4 Å². The van der Waals surface area contributed by atoms with Crippen molar-refractivity contribution in [3.05, 3.63) is 34.0 Å². The van der Waals surface area contributed by atoms with E-state index in [4.69, 9.17) is 5.11 Å². The predicted molar refractivity (Wildman–Crippen MR) is 76.8 cm³/mol. The van der Waals surface area contributed by atoms with E-state index in [0.29, 0.717) is 15.6 Å². The van der Waals surface area contributed by atoms with E-state index in [1.807, 2.05) is 7.05 Å². The summed E-state index contributed by atoms with van der Waals surface area (Å²) in [5.41, 5.74) is 0. The van der Waals surface area contributed by atoms with Crippen molar-refractivity contribution >= 4 is 21.4 Å². The average molecular weight is 315 g/mol. The van der Waals surface area contributed by atoms with Crippen LogP contribution < -0.4 is 0 Å². The number of imidazole rings is 1. The number of hydrogen-bond acceptors (Lipinski definition) is 5. The van der Waals surface area contributed by atoms with Gasteiger partial charge < -0.3 is 9.67 Å². The standard InChI is InChI=1S/C12H17N3O3S2/c1-9-11(6-10(8-16)19-9)20(17,18)15(3)7-12-13-4-5-14(12)2/h4-6,16H,7-8H2,1-3H3. The first-order chi connectivity index (χ1) is 9.36. The van der Waals surface area contributed by atoms with E-state index in [2.05, 4.69) is 4.98 Å². The van der Waals surface area contributed by atoms with Gasteiger partial charge in [0, 0.05) is 36.2 Å². The van der Waals surface area contributed by atoms with Crippen LogP contribution in [-0.2, 0) is 30.2 Å². The van der Waals surface area contributed by atoms with Gasteiger partial charge in [0.15, 0.2) is 0 Å². The van der Waals surface area contributed by atoms with Gasteiger partial charge in [-0.1, -0.05) is 0 Å². The molecule has 0 saturated carbocycles. The zero-order valence-corrected chi connectivity index (χ0v) is 13.2. The lowest BCUT2D eigenvalue weighted by Crippen LogP contribution is -2.27. The van der Waals surface area contributed by atoms with Gasteiger partial charge in [-0.2, -0.15) is 4.31 Å². The molecule has 0 unspecified atom stereocenters. The highest BCUT2D eigenvalue weighted by molar-refractivity contribution is 7.89. The number of sulfonamides is 1. The zero-order valence-electron chi connectivity index (χ0n) is 11.6.